The van der Waals surface area contributed by atoms with Gasteiger partial charge in [0, 0.05) is 54.3 Å². The zero-order valence-corrected chi connectivity index (χ0v) is 20.0. The topological polar surface area (TPSA) is 96.4 Å². The minimum absolute atomic E-state index is 0.0181. The van der Waals surface area contributed by atoms with Crippen molar-refractivity contribution in [2.75, 3.05) is 26.3 Å². The summed E-state index contributed by atoms with van der Waals surface area (Å²) in [5.74, 6) is 0.644. The van der Waals surface area contributed by atoms with Gasteiger partial charge in [-0.3, -0.25) is 10.00 Å². The molecule has 2 aromatic rings. The number of nitrogens with zero attached hydrogens (tertiary/aromatic N) is 4. The fourth-order valence-electron chi connectivity index (χ4n) is 5.50. The number of hydrogen-bond donors (Lipinski definition) is 2. The molecule has 0 amide bonds. The van der Waals surface area contributed by atoms with Crippen LogP contribution in [0.2, 0.25) is 0 Å². The molecule has 2 aliphatic rings. The summed E-state index contributed by atoms with van der Waals surface area (Å²) in [7, 11) is 0. The van der Waals surface area contributed by atoms with E-state index >= 15 is 0 Å². The maximum absolute atomic E-state index is 12.1. The van der Waals surface area contributed by atoms with Gasteiger partial charge in [-0.05, 0) is 26.7 Å². The highest BCUT2D eigenvalue weighted by Gasteiger charge is 2.53. The molecule has 8 nitrogen and oxygen atoms in total. The van der Waals surface area contributed by atoms with Crippen LogP contribution in [-0.2, 0) is 17.6 Å². The second kappa shape index (κ2) is 8.98. The molecule has 0 unspecified atom stereocenters. The fourth-order valence-corrected chi connectivity index (χ4v) is 5.50. The van der Waals surface area contributed by atoms with Crippen molar-refractivity contribution in [2.45, 2.75) is 71.4 Å². The average molecular weight is 444 g/mol. The van der Waals surface area contributed by atoms with E-state index in [-0.39, 0.29) is 17.3 Å². The zero-order valence-electron chi connectivity index (χ0n) is 20.0. The van der Waals surface area contributed by atoms with Crippen LogP contribution in [0.15, 0.2) is 12.4 Å². The minimum Gasteiger partial charge on any atom is -0.478 e. The number of nitrogens with one attached hydrogen (secondary N) is 1. The van der Waals surface area contributed by atoms with Crippen LogP contribution in [0, 0.1) is 11.8 Å². The maximum Gasteiger partial charge on any atom is 0.319 e. The van der Waals surface area contributed by atoms with Crippen LogP contribution in [0.5, 0.6) is 11.9 Å². The largest absolute Gasteiger partial charge is 0.478 e. The fraction of sp³-hybridized carbons (Fsp3) is 0.708. The van der Waals surface area contributed by atoms with Gasteiger partial charge < -0.3 is 14.6 Å². The lowest BCUT2D eigenvalue weighted by Crippen LogP contribution is -2.58. The highest BCUT2D eigenvalue weighted by Crippen LogP contribution is 2.51. The quantitative estimate of drug-likeness (QED) is 0.677. The molecule has 3 heterocycles. The van der Waals surface area contributed by atoms with Crippen molar-refractivity contribution in [2.24, 2.45) is 11.8 Å². The van der Waals surface area contributed by atoms with Gasteiger partial charge in [0.1, 0.15) is 5.60 Å². The van der Waals surface area contributed by atoms with Gasteiger partial charge in [-0.1, -0.05) is 27.2 Å². The standard InChI is InChI=1S/C24H37N5O3/c1-6-31-21-19(12-25-22(27-21)32-7-2)24(30)17-9-8-10-18(24)15-29(14-17)13-16-11-26-28-20(16)23(3,4)5/h11-12,17-18,30H,6-10,13-15H2,1-5H3,(H,26,28)/t17-,18-/m0/s1. The second-order valence-electron chi connectivity index (χ2n) is 10.1. The monoisotopic (exact) mass is 443 g/mol. The summed E-state index contributed by atoms with van der Waals surface area (Å²) in [6.45, 7) is 13.9. The van der Waals surface area contributed by atoms with Gasteiger partial charge in [0.05, 0.1) is 25.0 Å². The summed E-state index contributed by atoms with van der Waals surface area (Å²) in [5.41, 5.74) is 2.15. The van der Waals surface area contributed by atoms with E-state index in [1.807, 2.05) is 20.0 Å². The lowest BCUT2D eigenvalue weighted by molar-refractivity contribution is -0.150. The van der Waals surface area contributed by atoms with Gasteiger partial charge in [-0.2, -0.15) is 10.1 Å². The Morgan fingerprint density at radius 1 is 1.12 bits per heavy atom. The molecule has 2 bridgehead atoms. The first-order valence-electron chi connectivity index (χ1n) is 11.9. The third-order valence-corrected chi connectivity index (χ3v) is 6.89. The van der Waals surface area contributed by atoms with E-state index in [1.54, 1.807) is 6.20 Å². The number of piperidine rings is 1. The number of rotatable bonds is 7. The molecule has 176 valence electrons. The lowest BCUT2D eigenvalue weighted by atomic mass is 9.63. The average Bonchev–Trinajstić information content (AvgIpc) is 3.18. The smallest absolute Gasteiger partial charge is 0.319 e. The number of H-pyrrole nitrogens is 1. The van der Waals surface area contributed by atoms with Crippen molar-refractivity contribution in [3.8, 4) is 11.9 Å². The molecule has 2 N–H and O–H groups in total. The van der Waals surface area contributed by atoms with Crippen LogP contribution in [0.1, 0.15) is 70.7 Å². The first-order chi connectivity index (χ1) is 15.3. The molecular weight excluding hydrogens is 406 g/mol. The molecule has 1 saturated heterocycles. The van der Waals surface area contributed by atoms with Crippen molar-refractivity contribution in [3.05, 3.63) is 29.2 Å². The Balaban J connectivity index is 1.61. The minimum atomic E-state index is -0.993. The summed E-state index contributed by atoms with van der Waals surface area (Å²) >= 11 is 0. The van der Waals surface area contributed by atoms with Gasteiger partial charge in [0.15, 0.2) is 0 Å². The Bertz CT molecular complexity index is 909. The molecule has 1 saturated carbocycles. The summed E-state index contributed by atoms with van der Waals surface area (Å²) in [6, 6.07) is 0.292. The lowest BCUT2D eigenvalue weighted by Gasteiger charge is -2.53. The Morgan fingerprint density at radius 2 is 1.81 bits per heavy atom. The van der Waals surface area contributed by atoms with Crippen molar-refractivity contribution < 1.29 is 14.6 Å². The van der Waals surface area contributed by atoms with E-state index in [1.165, 1.54) is 11.3 Å². The number of fused-ring (bicyclic) bond motifs is 2. The third kappa shape index (κ3) is 4.22. The van der Waals surface area contributed by atoms with E-state index in [4.69, 9.17) is 9.47 Å². The molecule has 32 heavy (non-hydrogen) atoms. The third-order valence-electron chi connectivity index (χ3n) is 6.89. The molecule has 0 aromatic carbocycles. The van der Waals surface area contributed by atoms with Gasteiger partial charge >= 0.3 is 6.01 Å². The molecule has 0 spiro atoms. The van der Waals surface area contributed by atoms with Crippen LogP contribution < -0.4 is 9.47 Å². The molecule has 2 atom stereocenters. The van der Waals surface area contributed by atoms with Crippen molar-refractivity contribution in [1.29, 1.82) is 0 Å². The number of hydrogen-bond acceptors (Lipinski definition) is 7. The van der Waals surface area contributed by atoms with Crippen LogP contribution in [-0.4, -0.2) is 56.5 Å². The van der Waals surface area contributed by atoms with Crippen molar-refractivity contribution in [3.63, 3.8) is 0 Å². The first kappa shape index (κ1) is 23.0. The molecule has 1 aliphatic carbocycles. The molecule has 4 rings (SSSR count). The summed E-state index contributed by atoms with van der Waals surface area (Å²) in [4.78, 5) is 11.3. The number of aromatic amines is 1. The number of aromatic nitrogens is 4. The van der Waals surface area contributed by atoms with E-state index in [9.17, 15) is 5.11 Å². The highest BCUT2D eigenvalue weighted by molar-refractivity contribution is 5.35. The Hall–Kier alpha value is -2.19. The normalized spacial score (nSPS) is 26.2. The van der Waals surface area contributed by atoms with E-state index < -0.39 is 5.60 Å². The molecule has 2 aromatic heterocycles. The van der Waals surface area contributed by atoms with Crippen molar-refractivity contribution in [1.82, 2.24) is 25.1 Å². The van der Waals surface area contributed by atoms with Gasteiger partial charge in [0.25, 0.3) is 0 Å². The predicted molar refractivity (Wildman–Crippen MR) is 122 cm³/mol. The summed E-state index contributed by atoms with van der Waals surface area (Å²) in [5, 5.41) is 19.6. The number of aliphatic hydroxyl groups is 1. The molecule has 0 radical (unpaired) electrons. The van der Waals surface area contributed by atoms with Crippen LogP contribution in [0.3, 0.4) is 0 Å². The summed E-state index contributed by atoms with van der Waals surface area (Å²) in [6.07, 6.45) is 6.74. The van der Waals surface area contributed by atoms with Gasteiger partial charge in [-0.15, -0.1) is 0 Å². The van der Waals surface area contributed by atoms with Crippen LogP contribution >= 0.6 is 0 Å². The highest BCUT2D eigenvalue weighted by atomic mass is 16.5. The molecule has 8 heteroatoms. The molecule has 1 aliphatic heterocycles. The van der Waals surface area contributed by atoms with Gasteiger partial charge in [-0.25, -0.2) is 4.98 Å². The molecular formula is C24H37N5O3. The van der Waals surface area contributed by atoms with E-state index in [2.05, 4.69) is 45.8 Å². The van der Waals surface area contributed by atoms with Crippen LogP contribution in [0.4, 0.5) is 0 Å². The molecule has 2 fully saturated rings. The number of likely N-dealkylation sites (tertiary alicyclic amines) is 1. The van der Waals surface area contributed by atoms with E-state index in [0.717, 1.165) is 38.9 Å². The Kier molecular flexibility index (Phi) is 6.45. The van der Waals surface area contributed by atoms with E-state index in [0.29, 0.717) is 30.7 Å². The van der Waals surface area contributed by atoms with Crippen molar-refractivity contribution >= 4 is 0 Å². The Labute approximate surface area is 190 Å². The maximum atomic E-state index is 12.1. The van der Waals surface area contributed by atoms with Gasteiger partial charge in [0.2, 0.25) is 5.88 Å². The Morgan fingerprint density at radius 3 is 2.44 bits per heavy atom. The number of ether oxygens (including phenoxy) is 2. The van der Waals surface area contributed by atoms with Crippen LogP contribution in [0.25, 0.3) is 0 Å². The second-order valence-corrected chi connectivity index (χ2v) is 10.1. The summed E-state index contributed by atoms with van der Waals surface area (Å²) < 4.78 is 11.3. The SMILES string of the molecule is CCOc1ncc(C2(O)[C@H]3CCC[C@H]2CN(Cc2cn[nH]c2C(C)(C)C)C3)c(OCC)n1. The first-order valence-corrected chi connectivity index (χ1v) is 11.9. The predicted octanol–water partition coefficient (Wildman–Crippen LogP) is 3.41. The zero-order chi connectivity index (χ0) is 22.9.